The Morgan fingerprint density at radius 3 is 2.72 bits per heavy atom. The van der Waals surface area contributed by atoms with Crippen molar-refractivity contribution in [1.29, 1.82) is 0 Å². The third-order valence-electron chi connectivity index (χ3n) is 3.20. The molecule has 4 heteroatoms. The molecule has 0 fully saturated rings. The molecule has 1 aromatic carbocycles. The number of benzene rings is 1. The topological polar surface area (TPSA) is 29.3 Å². The average molecular weight is 325 g/mol. The maximum absolute atomic E-state index is 5.67. The Kier molecular flexibility index (Phi) is 4.43. The Bertz CT molecular complexity index is 511. The van der Waals surface area contributed by atoms with E-state index >= 15 is 0 Å². The van der Waals surface area contributed by atoms with E-state index in [1.165, 1.54) is 10.6 Å². The molecule has 1 atom stereocenters. The van der Waals surface area contributed by atoms with Crippen molar-refractivity contribution in [3.63, 3.8) is 0 Å². The zero-order chi connectivity index (χ0) is 13.1. The summed E-state index contributed by atoms with van der Waals surface area (Å²) in [7, 11) is 2.12. The van der Waals surface area contributed by atoms with Crippen LogP contribution in [0.3, 0.4) is 0 Å². The first-order chi connectivity index (χ1) is 8.63. The van der Waals surface area contributed by atoms with Gasteiger partial charge in [-0.25, -0.2) is 0 Å². The predicted octanol–water partition coefficient (Wildman–Crippen LogP) is 4.17. The van der Waals surface area contributed by atoms with Gasteiger partial charge in [0, 0.05) is 28.6 Å². The summed E-state index contributed by atoms with van der Waals surface area (Å²) in [6.07, 6.45) is 0. The number of hydrogen-bond acceptors (Lipinski definition) is 3. The summed E-state index contributed by atoms with van der Waals surface area (Å²) >= 11 is 5.36. The van der Waals surface area contributed by atoms with Gasteiger partial charge >= 0.3 is 0 Å². The quantitative estimate of drug-likeness (QED) is 0.914. The van der Waals surface area contributed by atoms with Crippen LogP contribution in [0.15, 0.2) is 40.2 Å². The van der Waals surface area contributed by atoms with E-state index in [9.17, 15) is 0 Å². The average Bonchev–Trinajstić information content (AvgIpc) is 2.90. The van der Waals surface area contributed by atoms with Gasteiger partial charge < -0.3 is 10.6 Å². The zero-order valence-corrected chi connectivity index (χ0v) is 13.0. The lowest BCUT2D eigenvalue weighted by Gasteiger charge is -2.26. The van der Waals surface area contributed by atoms with Crippen LogP contribution in [0.1, 0.15) is 23.4 Å². The smallest absolute Gasteiger partial charge is 0.0603 e. The first kappa shape index (κ1) is 13.6. The van der Waals surface area contributed by atoms with Crippen molar-refractivity contribution in [3.05, 3.63) is 50.6 Å². The molecule has 2 aromatic rings. The number of thiophene rings is 1. The van der Waals surface area contributed by atoms with Crippen molar-refractivity contribution in [2.45, 2.75) is 19.5 Å². The Morgan fingerprint density at radius 2 is 2.17 bits per heavy atom. The molecular formula is C14H17BrN2S. The molecule has 0 aliphatic rings. The number of nitrogens with two attached hydrogens (primary N) is 1. The Labute approximate surface area is 121 Å². The number of rotatable bonds is 4. The predicted molar refractivity (Wildman–Crippen MR) is 83.2 cm³/mol. The molecule has 2 rings (SSSR count). The van der Waals surface area contributed by atoms with Gasteiger partial charge in [-0.2, -0.15) is 0 Å². The summed E-state index contributed by atoms with van der Waals surface area (Å²) in [4.78, 5) is 3.65. The van der Waals surface area contributed by atoms with Gasteiger partial charge in [-0.15, -0.1) is 11.3 Å². The van der Waals surface area contributed by atoms with Gasteiger partial charge in [0.05, 0.1) is 6.04 Å². The second-order valence-corrected chi connectivity index (χ2v) is 6.12. The molecule has 2 nitrogen and oxygen atoms in total. The minimum Gasteiger partial charge on any atom is -0.367 e. The fraction of sp³-hybridized carbons (Fsp3) is 0.286. The fourth-order valence-electron chi connectivity index (χ4n) is 1.86. The highest BCUT2D eigenvalue weighted by Gasteiger charge is 2.13. The van der Waals surface area contributed by atoms with E-state index in [0.29, 0.717) is 12.6 Å². The Hall–Kier alpha value is -0.840. The van der Waals surface area contributed by atoms with Gasteiger partial charge in [0.2, 0.25) is 0 Å². The molecule has 0 radical (unpaired) electrons. The molecule has 96 valence electrons. The maximum atomic E-state index is 5.67. The van der Waals surface area contributed by atoms with Crippen molar-refractivity contribution in [3.8, 4) is 0 Å². The van der Waals surface area contributed by atoms with Crippen LogP contribution in [0.25, 0.3) is 0 Å². The molecule has 1 heterocycles. The molecule has 0 spiro atoms. The number of nitrogens with zero attached hydrogens (tertiary/aromatic N) is 1. The van der Waals surface area contributed by atoms with Crippen molar-refractivity contribution in [2.24, 2.45) is 5.73 Å². The van der Waals surface area contributed by atoms with Crippen LogP contribution in [0.2, 0.25) is 0 Å². The van der Waals surface area contributed by atoms with E-state index in [4.69, 9.17) is 5.73 Å². The third-order valence-corrected chi connectivity index (χ3v) is 4.98. The van der Waals surface area contributed by atoms with E-state index in [-0.39, 0.29) is 0 Å². The summed E-state index contributed by atoms with van der Waals surface area (Å²) in [6.45, 7) is 2.78. The lowest BCUT2D eigenvalue weighted by Crippen LogP contribution is -2.20. The Balaban J connectivity index is 2.23. The second kappa shape index (κ2) is 5.87. The SMILES string of the molecule is CC(c1cccs1)N(C)c1ccc(CN)c(Br)c1. The second-order valence-electron chi connectivity index (χ2n) is 4.28. The van der Waals surface area contributed by atoms with Crippen molar-refractivity contribution >= 4 is 33.0 Å². The van der Waals surface area contributed by atoms with Gasteiger partial charge in [0.25, 0.3) is 0 Å². The molecule has 0 saturated heterocycles. The van der Waals surface area contributed by atoms with Gasteiger partial charge in [0.1, 0.15) is 0 Å². The first-order valence-corrected chi connectivity index (χ1v) is 7.55. The highest BCUT2D eigenvalue weighted by molar-refractivity contribution is 9.10. The molecule has 1 unspecified atom stereocenters. The fourth-order valence-corrected chi connectivity index (χ4v) is 3.22. The van der Waals surface area contributed by atoms with Crippen LogP contribution < -0.4 is 10.6 Å². The molecule has 2 N–H and O–H groups in total. The largest absolute Gasteiger partial charge is 0.367 e. The summed E-state index contributed by atoms with van der Waals surface area (Å²) in [5.41, 5.74) is 8.00. The maximum Gasteiger partial charge on any atom is 0.0603 e. The van der Waals surface area contributed by atoms with Crippen molar-refractivity contribution < 1.29 is 0 Å². The lowest BCUT2D eigenvalue weighted by molar-refractivity contribution is 0.753. The van der Waals surface area contributed by atoms with Gasteiger partial charge in [-0.1, -0.05) is 28.1 Å². The van der Waals surface area contributed by atoms with E-state index in [2.05, 4.69) is 70.5 Å². The minimum atomic E-state index is 0.376. The van der Waals surface area contributed by atoms with Crippen LogP contribution in [0.5, 0.6) is 0 Å². The molecule has 18 heavy (non-hydrogen) atoms. The summed E-state index contributed by atoms with van der Waals surface area (Å²) in [6, 6.07) is 11.0. The monoisotopic (exact) mass is 324 g/mol. The standard InChI is InChI=1S/C14H17BrN2S/c1-10(14-4-3-7-18-14)17(2)12-6-5-11(9-16)13(15)8-12/h3-8,10H,9,16H2,1-2H3. The lowest BCUT2D eigenvalue weighted by atomic mass is 10.1. The molecule has 1 aromatic heterocycles. The minimum absolute atomic E-state index is 0.376. The molecule has 0 saturated carbocycles. The number of hydrogen-bond donors (Lipinski definition) is 1. The highest BCUT2D eigenvalue weighted by atomic mass is 79.9. The van der Waals surface area contributed by atoms with Gasteiger partial charge in [-0.05, 0) is 36.1 Å². The molecule has 0 aliphatic carbocycles. The van der Waals surface area contributed by atoms with E-state index in [0.717, 1.165) is 10.0 Å². The highest BCUT2D eigenvalue weighted by Crippen LogP contribution is 2.30. The van der Waals surface area contributed by atoms with E-state index in [1.54, 1.807) is 11.3 Å². The van der Waals surface area contributed by atoms with Crippen LogP contribution in [0.4, 0.5) is 5.69 Å². The number of halogens is 1. The summed E-state index contributed by atoms with van der Waals surface area (Å²) in [5, 5.41) is 2.12. The van der Waals surface area contributed by atoms with E-state index in [1.807, 2.05) is 0 Å². The van der Waals surface area contributed by atoms with E-state index < -0.39 is 0 Å². The van der Waals surface area contributed by atoms with Gasteiger partial charge in [0.15, 0.2) is 0 Å². The molecule has 0 bridgehead atoms. The van der Waals surface area contributed by atoms with Crippen molar-refractivity contribution in [1.82, 2.24) is 0 Å². The van der Waals surface area contributed by atoms with Crippen LogP contribution in [-0.4, -0.2) is 7.05 Å². The zero-order valence-electron chi connectivity index (χ0n) is 10.6. The third kappa shape index (κ3) is 2.76. The van der Waals surface area contributed by atoms with Crippen molar-refractivity contribution in [2.75, 3.05) is 11.9 Å². The van der Waals surface area contributed by atoms with Crippen LogP contribution >= 0.6 is 27.3 Å². The van der Waals surface area contributed by atoms with Crippen LogP contribution in [-0.2, 0) is 6.54 Å². The van der Waals surface area contributed by atoms with Gasteiger partial charge in [-0.3, -0.25) is 0 Å². The summed E-state index contributed by atoms with van der Waals surface area (Å²) in [5.74, 6) is 0. The Morgan fingerprint density at radius 1 is 1.39 bits per heavy atom. The molecule has 0 amide bonds. The normalized spacial score (nSPS) is 12.4. The molecular weight excluding hydrogens is 308 g/mol. The molecule has 0 aliphatic heterocycles. The summed E-state index contributed by atoms with van der Waals surface area (Å²) < 4.78 is 1.08. The first-order valence-electron chi connectivity index (χ1n) is 5.88. The van der Waals surface area contributed by atoms with Crippen LogP contribution in [0, 0.1) is 0 Å². The number of anilines is 1.